The van der Waals surface area contributed by atoms with Crippen molar-refractivity contribution in [3.63, 3.8) is 0 Å². The van der Waals surface area contributed by atoms with Crippen LogP contribution in [0.4, 0.5) is 8.78 Å². The summed E-state index contributed by atoms with van der Waals surface area (Å²) < 4.78 is 25.8. The summed E-state index contributed by atoms with van der Waals surface area (Å²) in [4.78, 5) is 0. The molecule has 0 aliphatic heterocycles. The van der Waals surface area contributed by atoms with Gasteiger partial charge in [0.25, 0.3) is 0 Å². The van der Waals surface area contributed by atoms with Gasteiger partial charge in [0.2, 0.25) is 0 Å². The van der Waals surface area contributed by atoms with Crippen molar-refractivity contribution in [2.45, 2.75) is 13.2 Å². The number of halogens is 2. The van der Waals surface area contributed by atoms with Gasteiger partial charge in [-0.1, -0.05) is 6.08 Å². The van der Waals surface area contributed by atoms with Crippen molar-refractivity contribution < 1.29 is 18.6 Å². The third-order valence-corrected chi connectivity index (χ3v) is 0.346. The minimum Gasteiger partial charge on any atom is -0.418 e. The highest BCUT2D eigenvalue weighted by atomic mass is 19.3. The van der Waals surface area contributed by atoms with Crippen molar-refractivity contribution in [2.75, 3.05) is 0 Å². The van der Waals surface area contributed by atoms with Gasteiger partial charge in [0.1, 0.15) is 0 Å². The molecule has 1 N–H and O–H groups in total. The summed E-state index contributed by atoms with van der Waals surface area (Å²) in [5.74, 6) is 0. The zero-order valence-corrected chi connectivity index (χ0v) is 4.27. The van der Waals surface area contributed by atoms with E-state index < -0.39 is 6.29 Å². The van der Waals surface area contributed by atoms with Crippen LogP contribution in [-0.2, 0) is 4.74 Å². The van der Waals surface area contributed by atoms with Crippen LogP contribution in [0.1, 0.15) is 6.92 Å². The van der Waals surface area contributed by atoms with E-state index in [0.29, 0.717) is 6.26 Å². The second-order valence-electron chi connectivity index (χ2n) is 1.07. The monoisotopic (exact) mass is 124 g/mol. The minimum absolute atomic E-state index is 0.708. The quantitative estimate of drug-likeness (QED) is 0.441. The first kappa shape index (κ1) is 7.36. The highest BCUT2D eigenvalue weighted by Crippen LogP contribution is 2.08. The van der Waals surface area contributed by atoms with E-state index in [1.54, 1.807) is 0 Å². The molecule has 0 aromatic heterocycles. The number of alkyl halides is 2. The van der Waals surface area contributed by atoms with Crippen molar-refractivity contribution >= 4 is 0 Å². The van der Waals surface area contributed by atoms with Gasteiger partial charge in [-0.3, -0.25) is 0 Å². The summed E-state index contributed by atoms with van der Waals surface area (Å²) in [6.07, 6.45) is -2.09. The van der Waals surface area contributed by atoms with E-state index in [1.165, 1.54) is 13.0 Å². The van der Waals surface area contributed by atoms with Gasteiger partial charge >= 0.3 is 6.29 Å². The first-order valence-corrected chi connectivity index (χ1v) is 1.95. The van der Waals surface area contributed by atoms with Gasteiger partial charge in [0, 0.05) is 0 Å². The Balaban J connectivity index is 3.39. The Morgan fingerprint density at radius 1 is 1.62 bits per heavy atom. The Labute approximate surface area is 45.4 Å². The van der Waals surface area contributed by atoms with Crippen LogP contribution in [0.15, 0.2) is 12.3 Å². The summed E-state index contributed by atoms with van der Waals surface area (Å²) >= 11 is 0. The van der Waals surface area contributed by atoms with Crippen LogP contribution >= 0.6 is 0 Å². The summed E-state index contributed by atoms with van der Waals surface area (Å²) in [6.45, 7) is 1.49. The van der Waals surface area contributed by atoms with E-state index in [-0.39, 0.29) is 0 Å². The Morgan fingerprint density at radius 2 is 2.12 bits per heavy atom. The maximum absolute atomic E-state index is 11.2. The van der Waals surface area contributed by atoms with Gasteiger partial charge in [0.15, 0.2) is 0 Å². The van der Waals surface area contributed by atoms with Crippen LogP contribution in [0.25, 0.3) is 0 Å². The summed E-state index contributed by atoms with van der Waals surface area (Å²) in [7, 11) is 0. The summed E-state index contributed by atoms with van der Waals surface area (Å²) in [5, 5.41) is 7.54. The smallest absolute Gasteiger partial charge is 0.418 e. The zero-order chi connectivity index (χ0) is 6.62. The van der Waals surface area contributed by atoms with E-state index >= 15 is 0 Å². The first-order valence-electron chi connectivity index (χ1n) is 1.95. The lowest BCUT2D eigenvalue weighted by Gasteiger charge is -2.04. The van der Waals surface area contributed by atoms with Gasteiger partial charge in [-0.25, -0.2) is 0 Å². The molecule has 0 amide bonds. The van der Waals surface area contributed by atoms with Crippen LogP contribution in [0.3, 0.4) is 0 Å². The lowest BCUT2D eigenvalue weighted by molar-refractivity contribution is -0.348. The number of aliphatic hydroxyl groups is 1. The molecule has 0 aliphatic carbocycles. The predicted octanol–water partition coefficient (Wildman–Crippen LogP) is 1.08. The van der Waals surface area contributed by atoms with E-state index in [1.807, 2.05) is 0 Å². The second-order valence-corrected chi connectivity index (χ2v) is 1.07. The highest BCUT2D eigenvalue weighted by Gasteiger charge is 2.24. The molecule has 0 atom stereocenters. The molecule has 0 fully saturated rings. The molecule has 0 radical (unpaired) electrons. The molecule has 0 aliphatic rings. The maximum atomic E-state index is 11.2. The highest BCUT2D eigenvalue weighted by molar-refractivity contribution is 4.65. The standard InChI is InChI=1S/C4H6F2O2/c1-2-3-8-4(5,6)7/h2-3,7H,1H3/b3-2-. The second kappa shape index (κ2) is 2.61. The molecule has 0 saturated carbocycles. The van der Waals surface area contributed by atoms with Gasteiger partial charge < -0.3 is 9.84 Å². The van der Waals surface area contributed by atoms with E-state index in [9.17, 15) is 8.78 Å². The number of allylic oxidation sites excluding steroid dienone is 1. The molecule has 2 nitrogen and oxygen atoms in total. The largest absolute Gasteiger partial charge is 0.532 e. The van der Waals surface area contributed by atoms with E-state index in [2.05, 4.69) is 4.74 Å². The Bertz CT molecular complexity index is 84.5. The zero-order valence-electron chi connectivity index (χ0n) is 4.27. The molecule has 48 valence electrons. The van der Waals surface area contributed by atoms with Crippen molar-refractivity contribution in [1.29, 1.82) is 0 Å². The molecule has 0 bridgehead atoms. The SMILES string of the molecule is C/C=C\OC(O)(F)F. The molecule has 0 saturated heterocycles. The molecular weight excluding hydrogens is 118 g/mol. The third-order valence-electron chi connectivity index (χ3n) is 0.346. The lowest BCUT2D eigenvalue weighted by atomic mass is 10.7. The van der Waals surface area contributed by atoms with Crippen LogP contribution in [0.5, 0.6) is 0 Å². The Morgan fingerprint density at radius 3 is 2.25 bits per heavy atom. The summed E-state index contributed by atoms with van der Waals surface area (Å²) in [5.41, 5.74) is 0. The van der Waals surface area contributed by atoms with Gasteiger partial charge in [-0.2, -0.15) is 0 Å². The van der Waals surface area contributed by atoms with E-state index in [0.717, 1.165) is 0 Å². The van der Waals surface area contributed by atoms with Crippen molar-refractivity contribution in [3.05, 3.63) is 12.3 Å². The average Bonchev–Trinajstić information content (AvgIpc) is 1.59. The molecule has 0 rings (SSSR count). The Kier molecular flexibility index (Phi) is 2.41. The number of hydrogen-bond donors (Lipinski definition) is 1. The Hall–Kier alpha value is -0.640. The fourth-order valence-electron chi connectivity index (χ4n) is 0.150. The molecule has 0 spiro atoms. The maximum Gasteiger partial charge on any atom is 0.532 e. The fourth-order valence-corrected chi connectivity index (χ4v) is 0.150. The van der Waals surface area contributed by atoms with Gasteiger partial charge in [-0.15, -0.1) is 8.78 Å². The third kappa shape index (κ3) is 5.36. The number of rotatable bonds is 2. The molecule has 0 aromatic carbocycles. The van der Waals surface area contributed by atoms with Crippen LogP contribution < -0.4 is 0 Å². The normalized spacial score (nSPS) is 12.5. The average molecular weight is 124 g/mol. The summed E-state index contributed by atoms with van der Waals surface area (Å²) in [6, 6.07) is 0. The number of ether oxygens (including phenoxy) is 1. The minimum atomic E-state index is -4.04. The van der Waals surface area contributed by atoms with E-state index in [4.69, 9.17) is 5.11 Å². The first-order chi connectivity index (χ1) is 3.56. The topological polar surface area (TPSA) is 29.5 Å². The molecule has 0 heterocycles. The van der Waals surface area contributed by atoms with Crippen molar-refractivity contribution in [1.82, 2.24) is 0 Å². The van der Waals surface area contributed by atoms with Gasteiger partial charge in [0.05, 0.1) is 6.26 Å². The van der Waals surface area contributed by atoms with Crippen LogP contribution in [0, 0.1) is 0 Å². The lowest BCUT2D eigenvalue weighted by Crippen LogP contribution is -2.15. The van der Waals surface area contributed by atoms with Crippen molar-refractivity contribution in [3.8, 4) is 0 Å². The molecular formula is C4H6F2O2. The van der Waals surface area contributed by atoms with Gasteiger partial charge in [-0.05, 0) is 6.92 Å². The molecule has 0 unspecified atom stereocenters. The fraction of sp³-hybridized carbons (Fsp3) is 0.500. The van der Waals surface area contributed by atoms with Crippen LogP contribution in [-0.4, -0.2) is 11.4 Å². The molecule has 4 heteroatoms. The van der Waals surface area contributed by atoms with Crippen molar-refractivity contribution in [2.24, 2.45) is 0 Å². The number of hydrogen-bond acceptors (Lipinski definition) is 2. The predicted molar refractivity (Wildman–Crippen MR) is 23.1 cm³/mol. The molecule has 8 heavy (non-hydrogen) atoms. The molecule has 0 aromatic rings. The van der Waals surface area contributed by atoms with Crippen LogP contribution in [0.2, 0.25) is 0 Å².